The second-order valence-electron chi connectivity index (χ2n) is 6.94. The summed E-state index contributed by atoms with van der Waals surface area (Å²) in [6, 6.07) is 18.6. The van der Waals surface area contributed by atoms with Crippen molar-refractivity contribution >= 4 is 48.9 Å². The summed E-state index contributed by atoms with van der Waals surface area (Å²) in [5.74, 6) is 0.526. The van der Waals surface area contributed by atoms with Crippen LogP contribution in [0.15, 0.2) is 89.1 Å². The van der Waals surface area contributed by atoms with E-state index in [0.717, 1.165) is 16.9 Å². The third-order valence-electron chi connectivity index (χ3n) is 4.66. The number of rotatable bonds is 8. The van der Waals surface area contributed by atoms with Gasteiger partial charge in [-0.1, -0.05) is 53.8 Å². The van der Waals surface area contributed by atoms with Crippen LogP contribution in [0.2, 0.25) is 5.02 Å². The molecule has 9 heteroatoms. The Balaban J connectivity index is 1.61. The molecule has 4 aromatic rings. The first-order valence-electron chi connectivity index (χ1n) is 9.60. The van der Waals surface area contributed by atoms with Gasteiger partial charge < -0.3 is 4.74 Å². The Labute approximate surface area is 194 Å². The highest BCUT2D eigenvalue weighted by atomic mass is 35.5. The number of nitrogens with zero attached hydrogens (tertiary/aromatic N) is 1. The third-order valence-corrected chi connectivity index (χ3v) is 7.23. The molecule has 0 unspecified atom stereocenters. The van der Waals surface area contributed by atoms with Crippen LogP contribution in [0.25, 0.3) is 10.2 Å². The Morgan fingerprint density at radius 1 is 1.09 bits per heavy atom. The van der Waals surface area contributed by atoms with Gasteiger partial charge >= 0.3 is 4.87 Å². The molecule has 0 amide bonds. The molecule has 1 N–H and O–H groups in total. The summed E-state index contributed by atoms with van der Waals surface area (Å²) in [7, 11) is -3.85. The van der Waals surface area contributed by atoms with Crippen molar-refractivity contribution in [1.29, 1.82) is 0 Å². The average Bonchev–Trinajstić information content (AvgIpc) is 3.08. The molecule has 1 aromatic heterocycles. The molecule has 0 bridgehead atoms. The zero-order valence-electron chi connectivity index (χ0n) is 16.8. The normalized spacial score (nSPS) is 11.4. The Hall–Kier alpha value is -3.07. The largest absolute Gasteiger partial charge is 0.489 e. The molecule has 0 aliphatic rings. The molecule has 0 spiro atoms. The number of sulfonamides is 1. The molecule has 0 fully saturated rings. The first-order valence-corrected chi connectivity index (χ1v) is 12.3. The molecule has 0 saturated heterocycles. The van der Waals surface area contributed by atoms with Crippen molar-refractivity contribution in [3.63, 3.8) is 0 Å². The number of anilines is 1. The number of ether oxygens (including phenoxy) is 1. The number of benzene rings is 3. The number of thiazole rings is 1. The van der Waals surface area contributed by atoms with Gasteiger partial charge in [0.05, 0.1) is 27.3 Å². The minimum Gasteiger partial charge on any atom is -0.489 e. The van der Waals surface area contributed by atoms with Gasteiger partial charge in [0, 0.05) is 11.1 Å². The van der Waals surface area contributed by atoms with Gasteiger partial charge in [-0.05, 0) is 48.0 Å². The lowest BCUT2D eigenvalue weighted by molar-refractivity contribution is 0.363. The first-order chi connectivity index (χ1) is 15.4. The quantitative estimate of drug-likeness (QED) is 0.350. The van der Waals surface area contributed by atoms with Crippen LogP contribution in [0.3, 0.4) is 0 Å². The molecule has 6 nitrogen and oxygen atoms in total. The zero-order chi connectivity index (χ0) is 22.7. The minimum atomic E-state index is -3.85. The first kappa shape index (κ1) is 22.1. The molecule has 164 valence electrons. The van der Waals surface area contributed by atoms with Crippen molar-refractivity contribution in [2.24, 2.45) is 0 Å². The van der Waals surface area contributed by atoms with E-state index in [-0.39, 0.29) is 9.77 Å². The molecule has 3 aromatic carbocycles. The average molecular weight is 487 g/mol. The maximum atomic E-state index is 12.9. The van der Waals surface area contributed by atoms with Gasteiger partial charge in [0.25, 0.3) is 10.0 Å². The molecule has 0 radical (unpaired) electrons. The SMILES string of the molecule is C=CCOc1cccc(NS(=O)(=O)c2ccc3c(c2)sc(=O)n3Cc2ccc(Cl)cc2)c1. The molecule has 0 saturated carbocycles. The predicted molar refractivity (Wildman–Crippen MR) is 130 cm³/mol. The van der Waals surface area contributed by atoms with Gasteiger partial charge in [-0.15, -0.1) is 0 Å². The van der Waals surface area contributed by atoms with E-state index in [0.29, 0.717) is 39.8 Å². The Morgan fingerprint density at radius 3 is 2.62 bits per heavy atom. The maximum Gasteiger partial charge on any atom is 0.308 e. The van der Waals surface area contributed by atoms with E-state index in [1.165, 1.54) is 12.1 Å². The Morgan fingerprint density at radius 2 is 1.88 bits per heavy atom. The van der Waals surface area contributed by atoms with E-state index < -0.39 is 10.0 Å². The number of hydrogen-bond acceptors (Lipinski definition) is 5. The minimum absolute atomic E-state index is 0.0716. The fourth-order valence-corrected chi connectivity index (χ4v) is 5.36. The third kappa shape index (κ3) is 4.88. The van der Waals surface area contributed by atoms with Gasteiger partial charge in [0.15, 0.2) is 0 Å². The van der Waals surface area contributed by atoms with Crippen LogP contribution in [0, 0.1) is 0 Å². The van der Waals surface area contributed by atoms with Crippen LogP contribution in [0.4, 0.5) is 5.69 Å². The van der Waals surface area contributed by atoms with Gasteiger partial charge in [-0.2, -0.15) is 0 Å². The summed E-state index contributed by atoms with van der Waals surface area (Å²) in [6.45, 7) is 4.28. The number of fused-ring (bicyclic) bond motifs is 1. The summed E-state index contributed by atoms with van der Waals surface area (Å²) in [4.78, 5) is 12.5. The van der Waals surface area contributed by atoms with E-state index in [2.05, 4.69) is 11.3 Å². The van der Waals surface area contributed by atoms with Crippen LogP contribution in [0.1, 0.15) is 5.56 Å². The highest BCUT2D eigenvalue weighted by Crippen LogP contribution is 2.25. The van der Waals surface area contributed by atoms with Crippen LogP contribution in [-0.4, -0.2) is 19.6 Å². The molecule has 1 heterocycles. The Bertz CT molecular complexity index is 1440. The van der Waals surface area contributed by atoms with E-state index in [1.54, 1.807) is 53.1 Å². The van der Waals surface area contributed by atoms with E-state index >= 15 is 0 Å². The van der Waals surface area contributed by atoms with Crippen molar-refractivity contribution in [3.8, 4) is 5.75 Å². The number of aromatic nitrogens is 1. The fraction of sp³-hybridized carbons (Fsp3) is 0.0870. The molecular weight excluding hydrogens is 468 g/mol. The lowest BCUT2D eigenvalue weighted by atomic mass is 10.2. The van der Waals surface area contributed by atoms with Gasteiger partial charge in [0.2, 0.25) is 0 Å². The van der Waals surface area contributed by atoms with Gasteiger partial charge in [-0.25, -0.2) is 8.42 Å². The molecule has 0 aliphatic heterocycles. The fourth-order valence-electron chi connectivity index (χ4n) is 3.15. The van der Waals surface area contributed by atoms with E-state index in [9.17, 15) is 13.2 Å². The van der Waals surface area contributed by atoms with Crippen molar-refractivity contribution in [3.05, 3.63) is 99.6 Å². The summed E-state index contributed by atoms with van der Waals surface area (Å²) >= 11 is 6.94. The number of hydrogen-bond donors (Lipinski definition) is 1. The molecular formula is C23H19ClN2O4S2. The van der Waals surface area contributed by atoms with Crippen LogP contribution in [0.5, 0.6) is 5.75 Å². The second kappa shape index (κ2) is 9.20. The standard InChI is InChI=1S/C23H19ClN2O4S2/c1-2-12-30-19-5-3-4-18(13-19)25-32(28,29)20-10-11-21-22(14-20)31-23(27)26(21)15-16-6-8-17(24)9-7-16/h2-11,13-14,25H,1,12,15H2. The predicted octanol–water partition coefficient (Wildman–Crippen LogP) is 5.13. The van der Waals surface area contributed by atoms with Crippen molar-refractivity contribution in [2.45, 2.75) is 11.4 Å². The zero-order valence-corrected chi connectivity index (χ0v) is 19.2. The van der Waals surface area contributed by atoms with E-state index in [4.69, 9.17) is 16.3 Å². The molecule has 0 aliphatic carbocycles. The maximum absolute atomic E-state index is 12.9. The van der Waals surface area contributed by atoms with Crippen molar-refractivity contribution < 1.29 is 13.2 Å². The summed E-state index contributed by atoms with van der Waals surface area (Å²) < 4.78 is 36.1. The number of nitrogens with one attached hydrogen (secondary N) is 1. The smallest absolute Gasteiger partial charge is 0.308 e. The van der Waals surface area contributed by atoms with Crippen LogP contribution < -0.4 is 14.3 Å². The van der Waals surface area contributed by atoms with Gasteiger partial charge in [0.1, 0.15) is 12.4 Å². The van der Waals surface area contributed by atoms with Crippen molar-refractivity contribution in [2.75, 3.05) is 11.3 Å². The monoisotopic (exact) mass is 486 g/mol. The van der Waals surface area contributed by atoms with Crippen molar-refractivity contribution in [1.82, 2.24) is 4.57 Å². The summed E-state index contributed by atoms with van der Waals surface area (Å²) in [6.07, 6.45) is 1.61. The Kier molecular flexibility index (Phi) is 6.36. The second-order valence-corrected chi connectivity index (χ2v) is 10.1. The lowest BCUT2D eigenvalue weighted by Crippen LogP contribution is -2.14. The van der Waals surface area contributed by atoms with Crippen LogP contribution >= 0.6 is 22.9 Å². The van der Waals surface area contributed by atoms with Gasteiger partial charge in [-0.3, -0.25) is 14.1 Å². The van der Waals surface area contributed by atoms with Crippen LogP contribution in [-0.2, 0) is 16.6 Å². The van der Waals surface area contributed by atoms with E-state index in [1.807, 2.05) is 12.1 Å². The lowest BCUT2D eigenvalue weighted by Gasteiger charge is -2.10. The highest BCUT2D eigenvalue weighted by molar-refractivity contribution is 7.92. The topological polar surface area (TPSA) is 77.4 Å². The number of halogens is 1. The molecule has 0 atom stereocenters. The molecule has 32 heavy (non-hydrogen) atoms. The highest BCUT2D eigenvalue weighted by Gasteiger charge is 2.17. The summed E-state index contributed by atoms with van der Waals surface area (Å²) in [5.41, 5.74) is 1.97. The molecule has 4 rings (SSSR count). The summed E-state index contributed by atoms with van der Waals surface area (Å²) in [5, 5.41) is 0.622.